The van der Waals surface area contributed by atoms with Crippen LogP contribution in [-0.2, 0) is 11.3 Å². The second-order valence-corrected chi connectivity index (χ2v) is 7.95. The number of carbonyl (C=O) groups excluding carboxylic acids is 1. The van der Waals surface area contributed by atoms with Gasteiger partial charge in [0, 0.05) is 24.0 Å². The summed E-state index contributed by atoms with van der Waals surface area (Å²) in [5.41, 5.74) is 7.79. The van der Waals surface area contributed by atoms with E-state index >= 15 is 0 Å². The summed E-state index contributed by atoms with van der Waals surface area (Å²) in [7, 11) is 0. The summed E-state index contributed by atoms with van der Waals surface area (Å²) in [5.74, 6) is -0.715. The van der Waals surface area contributed by atoms with Crippen LogP contribution in [-0.4, -0.2) is 45.9 Å². The number of nitrogens with zero attached hydrogens (tertiary/aromatic N) is 3. The van der Waals surface area contributed by atoms with Crippen LogP contribution < -0.4 is 5.73 Å². The Labute approximate surface area is 168 Å². The topological polar surface area (TPSA) is 73.4 Å². The first-order valence-corrected chi connectivity index (χ1v) is 9.95. The van der Waals surface area contributed by atoms with Gasteiger partial charge >= 0.3 is 0 Å². The zero-order valence-corrected chi connectivity index (χ0v) is 16.0. The normalized spacial score (nSPS) is 24.7. The van der Waals surface area contributed by atoms with Gasteiger partial charge in [-0.3, -0.25) is 14.4 Å². The molecule has 2 saturated heterocycles. The van der Waals surface area contributed by atoms with Gasteiger partial charge in [-0.05, 0) is 36.6 Å². The van der Waals surface area contributed by atoms with Crippen molar-refractivity contribution < 1.29 is 13.9 Å². The largest absolute Gasteiger partial charge is 0.378 e. The number of fused-ring (bicyclic) bond motifs is 3. The Morgan fingerprint density at radius 1 is 1.10 bits per heavy atom. The fourth-order valence-corrected chi connectivity index (χ4v) is 4.81. The van der Waals surface area contributed by atoms with Crippen molar-refractivity contribution >= 4 is 16.8 Å². The number of piperidine rings is 1. The molecule has 5 rings (SSSR count). The van der Waals surface area contributed by atoms with E-state index in [1.807, 2.05) is 35.0 Å². The minimum absolute atomic E-state index is 0.163. The number of amides is 1. The Bertz CT molecular complexity index is 1050. The fraction of sp³-hybridized carbons (Fsp3) is 0.364. The first kappa shape index (κ1) is 18.3. The van der Waals surface area contributed by atoms with Crippen LogP contribution in [0.2, 0.25) is 0 Å². The molecule has 2 bridgehead atoms. The first-order valence-electron chi connectivity index (χ1n) is 9.95. The van der Waals surface area contributed by atoms with Crippen LogP contribution in [0.4, 0.5) is 4.39 Å². The summed E-state index contributed by atoms with van der Waals surface area (Å²) < 4.78 is 21.4. The molecule has 3 heterocycles. The van der Waals surface area contributed by atoms with Crippen LogP contribution >= 0.6 is 0 Å². The summed E-state index contributed by atoms with van der Waals surface area (Å²) in [6, 6.07) is 15.1. The van der Waals surface area contributed by atoms with Crippen molar-refractivity contribution in [1.82, 2.24) is 14.7 Å². The molecule has 3 aromatic rings. The lowest BCUT2D eigenvalue weighted by Gasteiger charge is -2.48. The number of benzene rings is 2. The molecule has 1 amide bonds. The third-order valence-corrected chi connectivity index (χ3v) is 6.09. The SMILES string of the molecule is NC(=O)c1nn(C2CC3COCC(C2)N3Cc2cccc(F)c2)c2ccccc12. The van der Waals surface area contributed by atoms with Gasteiger partial charge in [0.2, 0.25) is 0 Å². The van der Waals surface area contributed by atoms with Gasteiger partial charge in [-0.15, -0.1) is 0 Å². The zero-order valence-electron chi connectivity index (χ0n) is 16.0. The van der Waals surface area contributed by atoms with Crippen LogP contribution in [0.25, 0.3) is 10.9 Å². The maximum atomic E-state index is 13.6. The predicted octanol–water partition coefficient (Wildman–Crippen LogP) is 2.88. The average Bonchev–Trinajstić information content (AvgIpc) is 3.08. The van der Waals surface area contributed by atoms with Crippen molar-refractivity contribution in [3.63, 3.8) is 0 Å². The van der Waals surface area contributed by atoms with Gasteiger partial charge in [0.15, 0.2) is 5.69 Å². The van der Waals surface area contributed by atoms with Crippen molar-refractivity contribution in [2.75, 3.05) is 13.2 Å². The molecule has 0 saturated carbocycles. The fourth-order valence-electron chi connectivity index (χ4n) is 4.81. The summed E-state index contributed by atoms with van der Waals surface area (Å²) in [6.07, 6.45) is 1.71. The third kappa shape index (κ3) is 3.30. The van der Waals surface area contributed by atoms with Gasteiger partial charge in [0.1, 0.15) is 5.82 Å². The van der Waals surface area contributed by atoms with E-state index in [-0.39, 0.29) is 23.9 Å². The lowest BCUT2D eigenvalue weighted by molar-refractivity contribution is -0.0902. The van der Waals surface area contributed by atoms with E-state index in [0.29, 0.717) is 25.5 Å². The minimum Gasteiger partial charge on any atom is -0.378 e. The second-order valence-electron chi connectivity index (χ2n) is 7.95. The molecule has 2 N–H and O–H groups in total. The molecule has 2 aromatic carbocycles. The monoisotopic (exact) mass is 394 g/mol. The van der Waals surface area contributed by atoms with Gasteiger partial charge in [-0.2, -0.15) is 5.10 Å². The Kier molecular flexibility index (Phi) is 4.56. The number of carbonyl (C=O) groups is 1. The summed E-state index contributed by atoms with van der Waals surface area (Å²) >= 11 is 0. The molecular weight excluding hydrogens is 371 g/mol. The molecule has 0 spiro atoms. The van der Waals surface area contributed by atoms with Crippen molar-refractivity contribution in [1.29, 1.82) is 0 Å². The van der Waals surface area contributed by atoms with E-state index in [1.165, 1.54) is 6.07 Å². The number of aromatic nitrogens is 2. The molecular formula is C22H23FN4O2. The van der Waals surface area contributed by atoms with Gasteiger partial charge in [0.25, 0.3) is 5.91 Å². The molecule has 0 aliphatic carbocycles. The molecule has 2 unspecified atom stereocenters. The Hall–Kier alpha value is -2.77. The van der Waals surface area contributed by atoms with Crippen LogP contribution in [0.15, 0.2) is 48.5 Å². The summed E-state index contributed by atoms with van der Waals surface area (Å²) in [5, 5.41) is 5.39. The highest BCUT2D eigenvalue weighted by Crippen LogP contribution is 2.37. The minimum atomic E-state index is -0.507. The molecule has 2 aliphatic heterocycles. The van der Waals surface area contributed by atoms with Crippen LogP contribution in [0, 0.1) is 5.82 Å². The number of hydrogen-bond acceptors (Lipinski definition) is 4. The number of rotatable bonds is 4. The highest BCUT2D eigenvalue weighted by Gasteiger charge is 2.40. The van der Waals surface area contributed by atoms with Crippen molar-refractivity contribution in [3.05, 3.63) is 65.6 Å². The predicted molar refractivity (Wildman–Crippen MR) is 107 cm³/mol. The maximum absolute atomic E-state index is 13.6. The quantitative estimate of drug-likeness (QED) is 0.739. The first-order chi connectivity index (χ1) is 14.1. The highest BCUT2D eigenvalue weighted by molar-refractivity contribution is 6.04. The summed E-state index contributed by atoms with van der Waals surface area (Å²) in [6.45, 7) is 1.99. The summed E-state index contributed by atoms with van der Waals surface area (Å²) in [4.78, 5) is 14.3. The van der Waals surface area contributed by atoms with Crippen LogP contribution in [0.1, 0.15) is 34.9 Å². The van der Waals surface area contributed by atoms with Crippen molar-refractivity contribution in [3.8, 4) is 0 Å². The molecule has 29 heavy (non-hydrogen) atoms. The van der Waals surface area contributed by atoms with Crippen LogP contribution in [0.3, 0.4) is 0 Å². The number of morpholine rings is 1. The molecule has 0 radical (unpaired) electrons. The molecule has 2 atom stereocenters. The molecule has 150 valence electrons. The standard InChI is InChI=1S/C22H23FN4O2/c23-15-5-3-4-14(8-15)11-26-17-9-16(10-18(26)13-29-12-17)27-20-7-2-1-6-19(20)21(25-27)22(24)28/h1-8,16-18H,9-13H2,(H2,24,28). The van der Waals surface area contributed by atoms with Gasteiger partial charge < -0.3 is 10.5 Å². The smallest absolute Gasteiger partial charge is 0.269 e. The number of hydrogen-bond donors (Lipinski definition) is 1. The lowest BCUT2D eigenvalue weighted by Crippen LogP contribution is -2.56. The Balaban J connectivity index is 1.44. The second kappa shape index (κ2) is 7.24. The van der Waals surface area contributed by atoms with E-state index in [9.17, 15) is 9.18 Å². The van der Waals surface area contributed by atoms with Crippen molar-refractivity contribution in [2.45, 2.75) is 37.5 Å². The third-order valence-electron chi connectivity index (χ3n) is 6.09. The zero-order chi connectivity index (χ0) is 20.0. The van der Waals surface area contributed by atoms with E-state index in [0.717, 1.165) is 29.3 Å². The van der Waals surface area contributed by atoms with Crippen molar-refractivity contribution in [2.24, 2.45) is 5.73 Å². The van der Waals surface area contributed by atoms with Gasteiger partial charge in [-0.25, -0.2) is 4.39 Å². The number of para-hydroxylation sites is 1. The molecule has 2 fully saturated rings. The van der Waals surface area contributed by atoms with Gasteiger partial charge in [0.05, 0.1) is 24.8 Å². The highest BCUT2D eigenvalue weighted by atomic mass is 19.1. The molecule has 1 aromatic heterocycles. The molecule has 2 aliphatic rings. The van der Waals surface area contributed by atoms with E-state index in [1.54, 1.807) is 12.1 Å². The lowest BCUT2D eigenvalue weighted by atomic mass is 9.89. The molecule has 7 heteroatoms. The maximum Gasteiger partial charge on any atom is 0.269 e. The number of halogens is 1. The van der Waals surface area contributed by atoms with Crippen LogP contribution in [0.5, 0.6) is 0 Å². The molecule has 6 nitrogen and oxygen atoms in total. The number of ether oxygens (including phenoxy) is 1. The Morgan fingerprint density at radius 2 is 1.86 bits per heavy atom. The Morgan fingerprint density at radius 3 is 2.59 bits per heavy atom. The van der Waals surface area contributed by atoms with E-state index in [2.05, 4.69) is 10.00 Å². The van der Waals surface area contributed by atoms with E-state index in [4.69, 9.17) is 10.5 Å². The van der Waals surface area contributed by atoms with E-state index < -0.39 is 5.91 Å². The number of nitrogens with two attached hydrogens (primary N) is 1. The average molecular weight is 394 g/mol. The number of primary amides is 1. The van der Waals surface area contributed by atoms with Gasteiger partial charge in [-0.1, -0.05) is 30.3 Å².